The van der Waals surface area contributed by atoms with Crippen molar-refractivity contribution in [2.45, 2.75) is 212 Å². The Bertz CT molecular complexity index is 3630. The van der Waals surface area contributed by atoms with Gasteiger partial charge >= 0.3 is 12.1 Å². The number of likely N-dealkylation sites (N-methyl/N-ethyl adjacent to an activating group) is 1. The highest BCUT2D eigenvalue weighted by atomic mass is 16.6. The highest BCUT2D eigenvalue weighted by molar-refractivity contribution is 6.12. The van der Waals surface area contributed by atoms with Crippen LogP contribution in [0.3, 0.4) is 0 Å². The maximum atomic E-state index is 15.1. The van der Waals surface area contributed by atoms with Gasteiger partial charge in [-0.05, 0) is 123 Å². The molecule has 105 heavy (non-hydrogen) atoms. The molecule has 0 unspecified atom stereocenters. The number of fused-ring (bicyclic) bond motifs is 2. The fourth-order valence-corrected chi connectivity index (χ4v) is 14.8. The quantitative estimate of drug-likeness (QED) is 0.0170. The summed E-state index contributed by atoms with van der Waals surface area (Å²) in [5.41, 5.74) is 7.87. The van der Waals surface area contributed by atoms with Crippen LogP contribution in [-0.2, 0) is 70.4 Å². The van der Waals surface area contributed by atoms with Crippen molar-refractivity contribution >= 4 is 71.0 Å². The lowest BCUT2D eigenvalue weighted by Crippen LogP contribution is -2.60. The summed E-state index contributed by atoms with van der Waals surface area (Å²) >= 11 is 0. The van der Waals surface area contributed by atoms with Crippen LogP contribution >= 0.6 is 0 Å². The molecule has 8 rings (SSSR count). The van der Waals surface area contributed by atoms with Crippen LogP contribution in [0.25, 0.3) is 11.5 Å². The lowest BCUT2D eigenvalue weighted by Gasteiger charge is -2.41. The van der Waals surface area contributed by atoms with Crippen LogP contribution in [0.2, 0.25) is 0 Å². The summed E-state index contributed by atoms with van der Waals surface area (Å²) in [6.45, 7) is 13.7. The number of urea groups is 1. The van der Waals surface area contributed by atoms with E-state index in [1.807, 2.05) is 88.4 Å². The van der Waals surface area contributed by atoms with Crippen LogP contribution < -0.4 is 37.6 Å². The van der Waals surface area contributed by atoms with E-state index in [1.54, 1.807) is 69.0 Å². The van der Waals surface area contributed by atoms with E-state index in [9.17, 15) is 47.9 Å². The standard InChI is InChI=1S/C77H107N13O15/c1-11-48(6)66(59(102-9)44-63(94)88-41-23-29-58(88)68(103-10)49(7)69(95)82-57(42-50-24-15-12-16-25-50)74-86-85-73(105-74)52-26-17-13-18-27-52)87(8)75(99)65(47(4)5)84-72(98)67-53-33-36-55(43-53)90(67)77(101)104-45-51-31-34-54(35-32-51)80-70(96)56(28-20-21-39-79-76(78)100)81-71(97)64(46(2)3)83-60(91)30-19-14-22-40-89-61(92)37-38-62(89)93/h12-13,15-18,24-27,31-32,34-35,37-38,46-49,53,55-59,64-68H,11,14,19-23,28-30,33,36,39-45H2,1-10H3,(H,80,96)(H,81,97)(H,82,95)(H,83,91)(H,84,98)(H3,78,79,100)/t48-,49+,53-,55+,56-,57-,58-,59+,64-,65-,66-,67-,68+/m0/s1. The van der Waals surface area contributed by atoms with Crippen molar-refractivity contribution in [2.24, 2.45) is 35.3 Å². The molecule has 570 valence electrons. The number of benzene rings is 3. The number of ether oxygens (including phenoxy) is 3. The number of aromatic nitrogens is 2. The van der Waals surface area contributed by atoms with Gasteiger partial charge in [-0.3, -0.25) is 53.0 Å². The number of amides is 12. The Balaban J connectivity index is 0.858. The molecule has 3 aliphatic heterocycles. The molecule has 0 radical (unpaired) electrons. The molecule has 13 atom stereocenters. The Hall–Kier alpha value is -9.57. The van der Waals surface area contributed by atoms with E-state index in [1.165, 1.54) is 24.2 Å². The van der Waals surface area contributed by atoms with Crippen LogP contribution in [-0.4, -0.2) is 190 Å². The largest absolute Gasteiger partial charge is 0.445 e. The Labute approximate surface area is 615 Å². The first-order chi connectivity index (χ1) is 50.3. The molecule has 4 heterocycles. The van der Waals surface area contributed by atoms with Crippen molar-refractivity contribution < 1.29 is 71.4 Å². The van der Waals surface area contributed by atoms with Crippen LogP contribution in [0.15, 0.2) is 101 Å². The highest BCUT2D eigenvalue weighted by Gasteiger charge is 2.53. The second kappa shape index (κ2) is 39.0. The van der Waals surface area contributed by atoms with Crippen molar-refractivity contribution in [1.82, 2.24) is 56.4 Å². The minimum atomic E-state index is -1.06. The maximum absolute atomic E-state index is 15.1. The molecule has 3 aromatic carbocycles. The molecule has 28 heteroatoms. The van der Waals surface area contributed by atoms with Crippen molar-refractivity contribution in [3.63, 3.8) is 0 Å². The molecule has 12 amide bonds. The first-order valence-electron chi connectivity index (χ1n) is 37.0. The molecular formula is C77H107N13O15. The summed E-state index contributed by atoms with van der Waals surface area (Å²) in [5, 5.41) is 25.9. The molecule has 2 bridgehead atoms. The average molecular weight is 1450 g/mol. The van der Waals surface area contributed by atoms with Gasteiger partial charge in [-0.25, -0.2) is 9.59 Å². The number of rotatable bonds is 39. The van der Waals surface area contributed by atoms with Gasteiger partial charge in [0.1, 0.15) is 36.8 Å². The van der Waals surface area contributed by atoms with E-state index >= 15 is 4.79 Å². The Morgan fingerprint density at radius 3 is 2.06 bits per heavy atom. The summed E-state index contributed by atoms with van der Waals surface area (Å²) in [6, 6.07) is 18.9. The second-order valence-electron chi connectivity index (χ2n) is 28.8. The first-order valence-corrected chi connectivity index (χ1v) is 37.0. The molecule has 3 fully saturated rings. The van der Waals surface area contributed by atoms with Crippen molar-refractivity contribution in [1.29, 1.82) is 0 Å². The summed E-state index contributed by atoms with van der Waals surface area (Å²) < 4.78 is 24.4. The summed E-state index contributed by atoms with van der Waals surface area (Å²) in [7, 11) is 4.73. The van der Waals surface area contributed by atoms with Crippen molar-refractivity contribution in [2.75, 3.05) is 46.2 Å². The summed E-state index contributed by atoms with van der Waals surface area (Å²) in [5.74, 6) is -4.93. The number of carbonyl (C=O) groups is 11. The van der Waals surface area contributed by atoms with Crippen molar-refractivity contribution in [3.8, 4) is 11.5 Å². The number of nitrogens with two attached hydrogens (primary N) is 1. The zero-order chi connectivity index (χ0) is 76.0. The third-order valence-electron chi connectivity index (χ3n) is 20.8. The van der Waals surface area contributed by atoms with Crippen LogP contribution in [0.1, 0.15) is 161 Å². The molecule has 8 N–H and O–H groups in total. The van der Waals surface area contributed by atoms with Crippen LogP contribution in [0, 0.1) is 29.6 Å². The lowest BCUT2D eigenvalue weighted by molar-refractivity contribution is -0.148. The van der Waals surface area contributed by atoms with E-state index in [2.05, 4.69) is 42.1 Å². The van der Waals surface area contributed by atoms with E-state index in [4.69, 9.17) is 24.4 Å². The topological polar surface area (TPSA) is 366 Å². The smallest absolute Gasteiger partial charge is 0.411 e. The Morgan fingerprint density at radius 2 is 1.41 bits per heavy atom. The number of nitrogens with one attached hydrogen (secondary N) is 6. The predicted molar refractivity (Wildman–Crippen MR) is 390 cm³/mol. The molecule has 1 aliphatic carbocycles. The van der Waals surface area contributed by atoms with E-state index in [-0.39, 0.29) is 104 Å². The Morgan fingerprint density at radius 1 is 0.724 bits per heavy atom. The maximum Gasteiger partial charge on any atom is 0.411 e. The molecule has 1 saturated carbocycles. The number of unbranched alkanes of at least 4 members (excludes halogenated alkanes) is 3. The number of likely N-dealkylation sites (tertiary alicyclic amines) is 2. The third kappa shape index (κ3) is 21.8. The minimum Gasteiger partial charge on any atom is -0.445 e. The van der Waals surface area contributed by atoms with E-state index < -0.39 is 96.2 Å². The normalized spacial score (nSPS) is 19.4. The fraction of sp³-hybridized carbons (Fsp3) is 0.571. The number of piperidine rings is 1. The number of primary amides is 1. The van der Waals surface area contributed by atoms with Crippen LogP contribution in [0.5, 0.6) is 0 Å². The van der Waals surface area contributed by atoms with Gasteiger partial charge in [0.15, 0.2) is 0 Å². The monoisotopic (exact) mass is 1450 g/mol. The van der Waals surface area contributed by atoms with Gasteiger partial charge in [-0.2, -0.15) is 0 Å². The third-order valence-corrected chi connectivity index (χ3v) is 20.8. The zero-order valence-electron chi connectivity index (χ0n) is 62.2. The summed E-state index contributed by atoms with van der Waals surface area (Å²) in [6.07, 6.45) is 7.02. The fourth-order valence-electron chi connectivity index (χ4n) is 14.8. The molecule has 2 saturated heterocycles. The number of hydrogen-bond donors (Lipinski definition) is 7. The average Bonchev–Trinajstić information content (AvgIpc) is 1.62. The van der Waals surface area contributed by atoms with Gasteiger partial charge in [0.25, 0.3) is 11.8 Å². The molecule has 1 aromatic heterocycles. The van der Waals surface area contributed by atoms with Crippen molar-refractivity contribution in [3.05, 3.63) is 114 Å². The molecule has 4 aliphatic rings. The minimum absolute atomic E-state index is 0.0917. The Kier molecular flexibility index (Phi) is 30.1. The van der Waals surface area contributed by atoms with E-state index in [0.717, 1.165) is 16.0 Å². The molecule has 0 spiro atoms. The lowest BCUT2D eigenvalue weighted by atomic mass is 9.89. The SMILES string of the molecule is CC[C@H](C)[C@@H]([C@@H](CC(=O)N1CCC[C@H]1[C@H](OC)[C@@H](C)C(=O)N[C@@H](Cc1ccccc1)c1nnc(-c2ccccc2)o1)OC)N(C)C(=O)[C@@H](NC(=O)[C@@H]1[C@H]2CC[C@H](C2)N1C(=O)OCc1ccc(NC(=O)[C@H](CCCCNC(N)=O)NC(=O)[C@@H](NC(=O)CCCCCN2C(=O)C=CC2=O)C(C)C)cc1)C(C)C. The number of methoxy groups -OCH3 is 2. The molecular weight excluding hydrogens is 1350 g/mol. The number of nitrogens with zero attached hydrogens (tertiary/aromatic N) is 6. The van der Waals surface area contributed by atoms with Gasteiger partial charge < -0.3 is 66.1 Å². The number of anilines is 1. The molecule has 28 nitrogen and oxygen atoms in total. The highest BCUT2D eigenvalue weighted by Crippen LogP contribution is 2.43. The van der Waals surface area contributed by atoms with Crippen LogP contribution in [0.4, 0.5) is 15.3 Å². The number of hydrogen-bond acceptors (Lipinski definition) is 17. The number of carbonyl (C=O) groups excluding carboxylic acids is 11. The number of imide groups is 1. The summed E-state index contributed by atoms with van der Waals surface area (Å²) in [4.78, 5) is 155. The van der Waals surface area contributed by atoms with Gasteiger partial charge in [0, 0.05) is 83.2 Å². The van der Waals surface area contributed by atoms with Gasteiger partial charge in [-0.1, -0.05) is 122 Å². The van der Waals surface area contributed by atoms with Gasteiger partial charge in [0.2, 0.25) is 53.1 Å². The van der Waals surface area contributed by atoms with Gasteiger partial charge in [-0.15, -0.1) is 10.2 Å². The first kappa shape index (κ1) is 81.1. The second-order valence-corrected chi connectivity index (χ2v) is 28.8. The van der Waals surface area contributed by atoms with Gasteiger partial charge in [0.05, 0.1) is 36.6 Å². The molecule has 4 aromatic rings. The zero-order valence-corrected chi connectivity index (χ0v) is 62.2. The van der Waals surface area contributed by atoms with E-state index in [0.29, 0.717) is 101 Å². The predicted octanol–water partition coefficient (Wildman–Crippen LogP) is 7.28.